The van der Waals surface area contributed by atoms with E-state index in [0.717, 1.165) is 18.7 Å². The van der Waals surface area contributed by atoms with Crippen molar-refractivity contribution in [3.8, 4) is 0 Å². The number of para-hydroxylation sites is 1. The second kappa shape index (κ2) is 8.09. The minimum atomic E-state index is -0.408. The number of carbonyl (C=O) groups excluding carboxylic acids is 2. The Morgan fingerprint density at radius 1 is 1.38 bits per heavy atom. The fraction of sp³-hybridized carbons (Fsp3) is 0.412. The molecule has 3 rings (SSSR count). The molecule has 2 aromatic rings. The average molecular weight is 394 g/mol. The van der Waals surface area contributed by atoms with Crippen molar-refractivity contribution in [3.05, 3.63) is 35.1 Å². The summed E-state index contributed by atoms with van der Waals surface area (Å²) in [5.74, 6) is 0.700. The summed E-state index contributed by atoms with van der Waals surface area (Å²) < 4.78 is 1.91. The van der Waals surface area contributed by atoms with E-state index >= 15 is 0 Å². The van der Waals surface area contributed by atoms with E-state index < -0.39 is 5.25 Å². The molecule has 1 aromatic carbocycles. The topological polar surface area (TPSA) is 103 Å². The van der Waals surface area contributed by atoms with Crippen LogP contribution in [-0.4, -0.2) is 31.8 Å². The molecular weight excluding hydrogens is 374 g/mol. The zero-order valence-electron chi connectivity index (χ0n) is 14.3. The van der Waals surface area contributed by atoms with Gasteiger partial charge in [-0.2, -0.15) is 0 Å². The molecule has 138 valence electrons. The van der Waals surface area contributed by atoms with Crippen LogP contribution in [0.25, 0.3) is 0 Å². The number of primary amides is 1. The molecule has 1 aromatic heterocycles. The predicted octanol–water partition coefficient (Wildman–Crippen LogP) is 2.80. The molecule has 1 saturated carbocycles. The Labute approximate surface area is 160 Å². The van der Waals surface area contributed by atoms with E-state index in [4.69, 9.17) is 17.3 Å². The molecule has 0 bridgehead atoms. The maximum Gasteiger partial charge on any atom is 0.237 e. The molecule has 9 heteroatoms. The zero-order chi connectivity index (χ0) is 18.7. The molecule has 26 heavy (non-hydrogen) atoms. The van der Waals surface area contributed by atoms with Crippen LogP contribution in [0.5, 0.6) is 0 Å². The van der Waals surface area contributed by atoms with Crippen molar-refractivity contribution in [1.29, 1.82) is 0 Å². The van der Waals surface area contributed by atoms with Gasteiger partial charge in [0.25, 0.3) is 0 Å². The predicted molar refractivity (Wildman–Crippen MR) is 101 cm³/mol. The smallest absolute Gasteiger partial charge is 0.237 e. The van der Waals surface area contributed by atoms with Gasteiger partial charge in [0.1, 0.15) is 5.82 Å². The summed E-state index contributed by atoms with van der Waals surface area (Å²) in [5, 5.41) is 12.0. The van der Waals surface area contributed by atoms with E-state index in [9.17, 15) is 9.59 Å². The second-order valence-corrected chi connectivity index (χ2v) is 7.93. The van der Waals surface area contributed by atoms with E-state index in [1.54, 1.807) is 25.1 Å². The first-order chi connectivity index (χ1) is 12.5. The molecule has 1 unspecified atom stereocenters. The van der Waals surface area contributed by atoms with Gasteiger partial charge in [0.2, 0.25) is 11.8 Å². The highest BCUT2D eigenvalue weighted by molar-refractivity contribution is 8.00. The lowest BCUT2D eigenvalue weighted by atomic mass is 10.3. The van der Waals surface area contributed by atoms with E-state index in [0.29, 0.717) is 28.3 Å². The van der Waals surface area contributed by atoms with Gasteiger partial charge in [-0.1, -0.05) is 35.5 Å². The van der Waals surface area contributed by atoms with E-state index in [-0.39, 0.29) is 18.2 Å². The average Bonchev–Trinajstić information content (AvgIpc) is 3.37. The number of rotatable bonds is 8. The number of halogens is 1. The molecule has 1 aliphatic carbocycles. The molecule has 0 spiro atoms. The summed E-state index contributed by atoms with van der Waals surface area (Å²) in [4.78, 5) is 23.6. The van der Waals surface area contributed by atoms with Gasteiger partial charge in [0.15, 0.2) is 5.16 Å². The van der Waals surface area contributed by atoms with Crippen LogP contribution in [0.1, 0.15) is 37.9 Å². The third-order valence-electron chi connectivity index (χ3n) is 4.05. The van der Waals surface area contributed by atoms with Gasteiger partial charge in [-0.3, -0.25) is 9.59 Å². The van der Waals surface area contributed by atoms with Gasteiger partial charge < -0.3 is 15.6 Å². The van der Waals surface area contributed by atoms with Gasteiger partial charge in [-0.05, 0) is 31.9 Å². The van der Waals surface area contributed by atoms with Crippen molar-refractivity contribution in [2.75, 3.05) is 5.32 Å². The molecule has 3 N–H and O–H groups in total. The standard InChI is InChI=1S/C17H20ClN5O2S/c1-10(16(25)20-13-5-3-2-4-12(13)18)26-17-22-21-15(11-6-7-11)23(17)9-8-14(19)24/h2-5,10-11H,6-9H2,1H3,(H2,19,24)(H,20,25). The van der Waals surface area contributed by atoms with Crippen LogP contribution in [-0.2, 0) is 16.1 Å². The molecule has 0 aliphatic heterocycles. The quantitative estimate of drug-likeness (QED) is 0.671. The normalized spacial score (nSPS) is 14.8. The Morgan fingerprint density at radius 2 is 2.12 bits per heavy atom. The highest BCUT2D eigenvalue weighted by atomic mass is 35.5. The molecule has 0 radical (unpaired) electrons. The molecule has 7 nitrogen and oxygen atoms in total. The number of benzene rings is 1. The first-order valence-electron chi connectivity index (χ1n) is 8.39. The van der Waals surface area contributed by atoms with Crippen LogP contribution in [0, 0.1) is 0 Å². The minimum absolute atomic E-state index is 0.180. The Kier molecular flexibility index (Phi) is 5.83. The van der Waals surface area contributed by atoms with Crippen molar-refractivity contribution >= 4 is 40.9 Å². The van der Waals surface area contributed by atoms with Crippen molar-refractivity contribution in [2.45, 2.75) is 49.1 Å². The summed E-state index contributed by atoms with van der Waals surface area (Å²) in [5.41, 5.74) is 5.84. The Bertz CT molecular complexity index is 821. The van der Waals surface area contributed by atoms with E-state index in [1.165, 1.54) is 11.8 Å². The molecule has 1 fully saturated rings. The lowest BCUT2D eigenvalue weighted by Gasteiger charge is -2.14. The number of thioether (sulfide) groups is 1. The van der Waals surface area contributed by atoms with Crippen LogP contribution in [0.2, 0.25) is 5.02 Å². The van der Waals surface area contributed by atoms with E-state index in [2.05, 4.69) is 15.5 Å². The number of anilines is 1. The molecular formula is C17H20ClN5O2S. The fourth-order valence-electron chi connectivity index (χ4n) is 2.47. The van der Waals surface area contributed by atoms with Crippen molar-refractivity contribution in [1.82, 2.24) is 14.8 Å². The van der Waals surface area contributed by atoms with E-state index in [1.807, 2.05) is 10.6 Å². The maximum atomic E-state index is 12.5. The summed E-state index contributed by atoms with van der Waals surface area (Å²) >= 11 is 7.39. The molecule has 2 amide bonds. The lowest BCUT2D eigenvalue weighted by molar-refractivity contribution is -0.118. The summed E-state index contributed by atoms with van der Waals surface area (Å²) in [6.07, 6.45) is 2.36. The molecule has 1 aliphatic rings. The van der Waals surface area contributed by atoms with Crippen LogP contribution in [0.3, 0.4) is 0 Å². The van der Waals surface area contributed by atoms with Crippen molar-refractivity contribution in [2.24, 2.45) is 5.73 Å². The van der Waals surface area contributed by atoms with Gasteiger partial charge in [-0.15, -0.1) is 10.2 Å². The van der Waals surface area contributed by atoms with Crippen LogP contribution < -0.4 is 11.1 Å². The van der Waals surface area contributed by atoms with Crippen LogP contribution in [0.4, 0.5) is 5.69 Å². The van der Waals surface area contributed by atoms with Gasteiger partial charge in [0.05, 0.1) is 16.0 Å². The Morgan fingerprint density at radius 3 is 2.77 bits per heavy atom. The second-order valence-electron chi connectivity index (χ2n) is 6.21. The number of hydrogen-bond donors (Lipinski definition) is 2. The van der Waals surface area contributed by atoms with Gasteiger partial charge in [-0.25, -0.2) is 0 Å². The fourth-order valence-corrected chi connectivity index (χ4v) is 3.54. The number of carbonyl (C=O) groups is 2. The first-order valence-corrected chi connectivity index (χ1v) is 9.65. The Balaban J connectivity index is 1.70. The highest BCUT2D eigenvalue weighted by Crippen LogP contribution is 2.40. The number of nitrogens with two attached hydrogens (primary N) is 1. The highest BCUT2D eigenvalue weighted by Gasteiger charge is 2.31. The SMILES string of the molecule is CC(Sc1nnc(C2CC2)n1CCC(N)=O)C(=O)Nc1ccccc1Cl. The van der Waals surface area contributed by atoms with Crippen LogP contribution >= 0.6 is 23.4 Å². The monoisotopic (exact) mass is 393 g/mol. The van der Waals surface area contributed by atoms with Crippen LogP contribution in [0.15, 0.2) is 29.4 Å². The molecule has 0 saturated heterocycles. The van der Waals surface area contributed by atoms with Crippen molar-refractivity contribution < 1.29 is 9.59 Å². The summed E-state index contributed by atoms with van der Waals surface area (Å²) in [6.45, 7) is 2.22. The number of aromatic nitrogens is 3. The first kappa shape index (κ1) is 18.7. The summed E-state index contributed by atoms with van der Waals surface area (Å²) in [6, 6.07) is 7.08. The molecule has 1 heterocycles. The number of amides is 2. The maximum absolute atomic E-state index is 12.5. The lowest BCUT2D eigenvalue weighted by Crippen LogP contribution is -2.23. The Hall–Kier alpha value is -2.06. The third-order valence-corrected chi connectivity index (χ3v) is 5.46. The number of hydrogen-bond acceptors (Lipinski definition) is 5. The van der Waals surface area contributed by atoms with Gasteiger partial charge >= 0.3 is 0 Å². The third kappa shape index (κ3) is 4.56. The molecule has 1 atom stereocenters. The number of nitrogens with zero attached hydrogens (tertiary/aromatic N) is 3. The van der Waals surface area contributed by atoms with Gasteiger partial charge in [0, 0.05) is 18.9 Å². The largest absolute Gasteiger partial charge is 0.370 e. The number of nitrogens with one attached hydrogen (secondary N) is 1. The zero-order valence-corrected chi connectivity index (χ0v) is 15.9. The van der Waals surface area contributed by atoms with Crippen molar-refractivity contribution in [3.63, 3.8) is 0 Å². The minimum Gasteiger partial charge on any atom is -0.370 e. The summed E-state index contributed by atoms with van der Waals surface area (Å²) in [7, 11) is 0.